The van der Waals surface area contributed by atoms with E-state index < -0.39 is 0 Å². The molecule has 0 radical (unpaired) electrons. The number of rotatable bonds is 1. The van der Waals surface area contributed by atoms with Gasteiger partial charge < -0.3 is 4.74 Å². The lowest BCUT2D eigenvalue weighted by atomic mass is 9.93. The van der Waals surface area contributed by atoms with Gasteiger partial charge in [0.05, 0.1) is 18.7 Å². The van der Waals surface area contributed by atoms with Gasteiger partial charge in [-0.1, -0.05) is 6.07 Å². The van der Waals surface area contributed by atoms with Gasteiger partial charge in [-0.05, 0) is 34.9 Å². The Hall–Kier alpha value is -2.49. The second kappa shape index (κ2) is 4.27. The zero-order valence-corrected chi connectivity index (χ0v) is 10.8. The number of nitrogens with zero attached hydrogens (tertiary/aromatic N) is 2. The number of carbonyl (C=O) groups excluding carboxylic acids is 1. The third-order valence-electron chi connectivity index (χ3n) is 3.77. The molecule has 0 saturated heterocycles. The predicted octanol–water partition coefficient (Wildman–Crippen LogP) is 2.03. The highest BCUT2D eigenvalue weighted by Gasteiger charge is 2.23. The third-order valence-corrected chi connectivity index (χ3v) is 3.77. The van der Waals surface area contributed by atoms with Crippen molar-refractivity contribution in [3.63, 3.8) is 0 Å². The van der Waals surface area contributed by atoms with Gasteiger partial charge >= 0.3 is 5.97 Å². The zero-order valence-electron chi connectivity index (χ0n) is 10.8. The van der Waals surface area contributed by atoms with E-state index >= 15 is 0 Å². The van der Waals surface area contributed by atoms with E-state index in [1.807, 2.05) is 12.1 Å². The summed E-state index contributed by atoms with van der Waals surface area (Å²) in [6, 6.07) is 8.15. The van der Waals surface area contributed by atoms with Crippen LogP contribution in [0.4, 0.5) is 0 Å². The van der Waals surface area contributed by atoms with E-state index in [1.54, 1.807) is 12.4 Å². The van der Waals surface area contributed by atoms with Crippen molar-refractivity contribution in [2.24, 2.45) is 4.99 Å². The predicted molar refractivity (Wildman–Crippen MR) is 73.5 cm³/mol. The van der Waals surface area contributed by atoms with Gasteiger partial charge in [0, 0.05) is 23.5 Å². The van der Waals surface area contributed by atoms with Crippen molar-refractivity contribution in [2.45, 2.75) is 19.6 Å². The molecule has 0 spiro atoms. The number of carbonyl (C=O) groups is 1. The molecule has 0 amide bonds. The van der Waals surface area contributed by atoms with Crippen LogP contribution in [0, 0.1) is 0 Å². The second-order valence-corrected chi connectivity index (χ2v) is 5.02. The molecule has 98 valence electrons. The van der Waals surface area contributed by atoms with Crippen LogP contribution in [0.3, 0.4) is 0 Å². The first-order valence-corrected chi connectivity index (χ1v) is 6.57. The smallest absolute Gasteiger partial charge is 0.310 e. The molecule has 4 heteroatoms. The minimum absolute atomic E-state index is 0.147. The Balaban J connectivity index is 1.80. The first-order valence-electron chi connectivity index (χ1n) is 6.57. The summed E-state index contributed by atoms with van der Waals surface area (Å²) in [5, 5.41) is 0. The molecule has 0 atom stereocenters. The molecule has 0 aliphatic carbocycles. The van der Waals surface area contributed by atoms with Crippen molar-refractivity contribution in [2.75, 3.05) is 0 Å². The number of hydrogen-bond donors (Lipinski definition) is 0. The number of esters is 1. The van der Waals surface area contributed by atoms with Crippen LogP contribution in [0.15, 0.2) is 41.7 Å². The molecule has 0 saturated carbocycles. The summed E-state index contributed by atoms with van der Waals surface area (Å²) in [6.45, 7) is 1.04. The van der Waals surface area contributed by atoms with Gasteiger partial charge in [-0.2, -0.15) is 0 Å². The van der Waals surface area contributed by atoms with Crippen molar-refractivity contribution in [1.29, 1.82) is 0 Å². The Labute approximate surface area is 116 Å². The lowest BCUT2D eigenvalue weighted by molar-refractivity contribution is -0.145. The van der Waals surface area contributed by atoms with Gasteiger partial charge in [0.15, 0.2) is 0 Å². The van der Waals surface area contributed by atoms with E-state index in [9.17, 15) is 4.79 Å². The maximum Gasteiger partial charge on any atom is 0.310 e. The Morgan fingerprint density at radius 2 is 1.90 bits per heavy atom. The van der Waals surface area contributed by atoms with E-state index in [2.05, 4.69) is 22.1 Å². The fourth-order valence-electron chi connectivity index (χ4n) is 2.76. The highest BCUT2D eigenvalue weighted by atomic mass is 16.5. The summed E-state index contributed by atoms with van der Waals surface area (Å²) in [5.41, 5.74) is 6.57. The Morgan fingerprint density at radius 3 is 2.75 bits per heavy atom. The van der Waals surface area contributed by atoms with Crippen LogP contribution in [0.25, 0.3) is 0 Å². The number of hydrogen-bond acceptors (Lipinski definition) is 4. The van der Waals surface area contributed by atoms with Crippen LogP contribution in [0.2, 0.25) is 0 Å². The molecule has 0 unspecified atom stereocenters. The Kier molecular flexibility index (Phi) is 2.42. The summed E-state index contributed by atoms with van der Waals surface area (Å²) in [5.74, 6) is -0.147. The number of ether oxygens (including phenoxy) is 1. The standard InChI is InChI=1S/C16H12N2O2/c19-15-7-11-5-12-8-18-16(10-1-3-17-4-2-10)14(12)6-13(11)9-20-15/h1-6H,7-9H2. The van der Waals surface area contributed by atoms with Crippen molar-refractivity contribution in [3.05, 3.63) is 64.5 Å². The van der Waals surface area contributed by atoms with Gasteiger partial charge in [-0.15, -0.1) is 0 Å². The molecule has 2 aliphatic rings. The number of aromatic nitrogens is 1. The molecule has 0 bridgehead atoms. The minimum atomic E-state index is -0.147. The molecular formula is C16H12N2O2. The van der Waals surface area contributed by atoms with Gasteiger partial charge in [-0.25, -0.2) is 0 Å². The lowest BCUT2D eigenvalue weighted by Gasteiger charge is -2.17. The van der Waals surface area contributed by atoms with Crippen LogP contribution < -0.4 is 0 Å². The van der Waals surface area contributed by atoms with Crippen LogP contribution in [0.1, 0.15) is 27.8 Å². The van der Waals surface area contributed by atoms with Crippen LogP contribution in [0.5, 0.6) is 0 Å². The van der Waals surface area contributed by atoms with Crippen LogP contribution in [-0.2, 0) is 29.1 Å². The largest absolute Gasteiger partial charge is 0.461 e. The van der Waals surface area contributed by atoms with E-state index in [1.165, 1.54) is 5.56 Å². The molecule has 20 heavy (non-hydrogen) atoms. The molecular weight excluding hydrogens is 252 g/mol. The van der Waals surface area contributed by atoms with Crippen LogP contribution >= 0.6 is 0 Å². The van der Waals surface area contributed by atoms with E-state index in [4.69, 9.17) is 4.74 Å². The maximum atomic E-state index is 11.4. The SMILES string of the molecule is O=C1Cc2cc3c(cc2CO1)C(c1ccncc1)=NC3. The first-order chi connectivity index (χ1) is 9.81. The number of benzene rings is 1. The molecule has 0 N–H and O–H groups in total. The quantitative estimate of drug-likeness (QED) is 0.740. The van der Waals surface area contributed by atoms with Gasteiger partial charge in [0.2, 0.25) is 0 Å². The fraction of sp³-hybridized carbons (Fsp3) is 0.188. The fourth-order valence-corrected chi connectivity index (χ4v) is 2.76. The van der Waals surface area contributed by atoms with Gasteiger partial charge in [0.1, 0.15) is 6.61 Å². The van der Waals surface area contributed by atoms with E-state index in [0.717, 1.165) is 28.0 Å². The summed E-state index contributed by atoms with van der Waals surface area (Å²) in [6.07, 6.45) is 3.92. The van der Waals surface area contributed by atoms with Crippen LogP contribution in [-0.4, -0.2) is 16.7 Å². The highest BCUT2D eigenvalue weighted by molar-refractivity contribution is 6.15. The summed E-state index contributed by atoms with van der Waals surface area (Å²) >= 11 is 0. The minimum Gasteiger partial charge on any atom is -0.461 e. The molecule has 1 aromatic carbocycles. The van der Waals surface area contributed by atoms with E-state index in [0.29, 0.717) is 19.6 Å². The van der Waals surface area contributed by atoms with Crippen molar-refractivity contribution in [1.82, 2.24) is 4.98 Å². The molecule has 4 nitrogen and oxygen atoms in total. The number of pyridine rings is 1. The highest BCUT2D eigenvalue weighted by Crippen LogP contribution is 2.28. The third kappa shape index (κ3) is 1.72. The molecule has 1 aromatic heterocycles. The van der Waals surface area contributed by atoms with Crippen molar-refractivity contribution in [3.8, 4) is 0 Å². The normalized spacial score (nSPS) is 16.2. The monoisotopic (exact) mass is 264 g/mol. The van der Waals surface area contributed by atoms with Gasteiger partial charge in [0.25, 0.3) is 0 Å². The van der Waals surface area contributed by atoms with Crippen molar-refractivity contribution >= 4 is 11.7 Å². The number of aliphatic imine (C=N–C) groups is 1. The summed E-state index contributed by atoms with van der Waals surface area (Å²) in [4.78, 5) is 20.0. The summed E-state index contributed by atoms with van der Waals surface area (Å²) < 4.78 is 5.12. The Morgan fingerprint density at radius 1 is 1.05 bits per heavy atom. The molecule has 0 fully saturated rings. The topological polar surface area (TPSA) is 51.5 Å². The summed E-state index contributed by atoms with van der Waals surface area (Å²) in [7, 11) is 0. The number of cyclic esters (lactones) is 1. The van der Waals surface area contributed by atoms with Gasteiger partial charge in [-0.3, -0.25) is 14.8 Å². The molecule has 3 heterocycles. The first kappa shape index (κ1) is 11.3. The Bertz CT molecular complexity index is 736. The molecule has 4 rings (SSSR count). The number of fused-ring (bicyclic) bond motifs is 2. The maximum absolute atomic E-state index is 11.4. The average Bonchev–Trinajstić information content (AvgIpc) is 2.88. The average molecular weight is 264 g/mol. The second-order valence-electron chi connectivity index (χ2n) is 5.02. The van der Waals surface area contributed by atoms with Crippen molar-refractivity contribution < 1.29 is 9.53 Å². The molecule has 2 aromatic rings. The molecule has 2 aliphatic heterocycles. The zero-order chi connectivity index (χ0) is 13.5. The van der Waals surface area contributed by atoms with E-state index in [-0.39, 0.29) is 5.97 Å². The lowest BCUT2D eigenvalue weighted by Crippen LogP contribution is -2.17.